The molecule has 0 aromatic heterocycles. The van der Waals surface area contributed by atoms with Crippen LogP contribution >= 0.6 is 0 Å². The number of piperidine rings is 1. The minimum atomic E-state index is -4.02. The second-order valence-electron chi connectivity index (χ2n) is 9.13. The van der Waals surface area contributed by atoms with Crippen molar-refractivity contribution in [3.63, 3.8) is 0 Å². The lowest BCUT2D eigenvalue weighted by atomic mass is 10.0. The molecule has 4 atom stereocenters. The number of carbonyl (C=O) groups is 3. The SMILES string of the molecule is COC(=O)C[C@H](NS(=O)(=O)Cc1ccccc1)C(=O)N1CCC[C@H]1C(=O)NC1CCCN(C(=N)N)C1O. The van der Waals surface area contributed by atoms with Gasteiger partial charge in [0.25, 0.3) is 0 Å². The van der Waals surface area contributed by atoms with Crippen LogP contribution < -0.4 is 15.8 Å². The maximum absolute atomic E-state index is 13.4. The normalized spacial score (nSPS) is 22.8. The van der Waals surface area contributed by atoms with Gasteiger partial charge in [-0.3, -0.25) is 19.8 Å². The number of guanidine groups is 1. The molecule has 1 aromatic carbocycles. The summed E-state index contributed by atoms with van der Waals surface area (Å²) in [6.07, 6.45) is 0.165. The van der Waals surface area contributed by atoms with Gasteiger partial charge in [-0.15, -0.1) is 0 Å². The minimum Gasteiger partial charge on any atom is -0.469 e. The highest BCUT2D eigenvalue weighted by atomic mass is 32.2. The summed E-state index contributed by atoms with van der Waals surface area (Å²) in [4.78, 5) is 41.1. The van der Waals surface area contributed by atoms with Gasteiger partial charge in [0, 0.05) is 13.1 Å². The maximum Gasteiger partial charge on any atom is 0.307 e. The number of nitrogens with zero attached hydrogens (tertiary/aromatic N) is 2. The van der Waals surface area contributed by atoms with Gasteiger partial charge in [-0.2, -0.15) is 0 Å². The number of aliphatic hydroxyl groups is 1. The number of amides is 2. The van der Waals surface area contributed by atoms with Gasteiger partial charge in [0.05, 0.1) is 25.3 Å². The number of sulfonamides is 1. The minimum absolute atomic E-state index is 0.196. The lowest BCUT2D eigenvalue weighted by Crippen LogP contribution is -2.61. The number of benzene rings is 1. The highest BCUT2D eigenvalue weighted by Crippen LogP contribution is 2.22. The van der Waals surface area contributed by atoms with E-state index in [1.54, 1.807) is 30.3 Å². The van der Waals surface area contributed by atoms with E-state index in [-0.39, 0.29) is 12.5 Å². The van der Waals surface area contributed by atoms with Gasteiger partial charge in [-0.25, -0.2) is 13.1 Å². The van der Waals surface area contributed by atoms with Gasteiger partial charge in [0.1, 0.15) is 18.3 Å². The smallest absolute Gasteiger partial charge is 0.307 e. The summed E-state index contributed by atoms with van der Waals surface area (Å²) in [6, 6.07) is 5.32. The summed E-state index contributed by atoms with van der Waals surface area (Å²) in [5.41, 5.74) is 6.01. The first-order valence-electron chi connectivity index (χ1n) is 12.0. The third-order valence-corrected chi connectivity index (χ3v) is 7.84. The number of carbonyl (C=O) groups excluding carboxylic acids is 3. The molecule has 0 radical (unpaired) electrons. The van der Waals surface area contributed by atoms with Gasteiger partial charge in [0.2, 0.25) is 21.8 Å². The summed E-state index contributed by atoms with van der Waals surface area (Å²) in [5.74, 6) is -2.71. The van der Waals surface area contributed by atoms with E-state index >= 15 is 0 Å². The monoisotopic (exact) mass is 538 g/mol. The predicted octanol–water partition coefficient (Wildman–Crippen LogP) is -1.18. The molecular weight excluding hydrogens is 504 g/mol. The fourth-order valence-electron chi connectivity index (χ4n) is 4.65. The number of rotatable bonds is 9. The third-order valence-electron chi connectivity index (χ3n) is 6.49. The average molecular weight is 539 g/mol. The van der Waals surface area contributed by atoms with E-state index < -0.39 is 64.3 Å². The molecule has 204 valence electrons. The summed E-state index contributed by atoms with van der Waals surface area (Å²) in [6.45, 7) is 0.580. The standard InChI is InChI=1S/C23H34N6O7S/c1-36-19(30)13-17(27-37(34,35)14-15-7-3-2-4-8-15)22(33)28-11-6-10-18(28)20(31)26-16-9-5-12-29(21(16)32)23(24)25/h2-4,7-8,16-18,21,27,32H,5-6,9-14H2,1H3,(H3,24,25)(H,26,31)/t16?,17-,18-,21?/m0/s1. The second-order valence-corrected chi connectivity index (χ2v) is 10.9. The molecule has 0 saturated carbocycles. The fraction of sp³-hybridized carbons (Fsp3) is 0.565. The van der Waals surface area contributed by atoms with E-state index in [2.05, 4.69) is 14.8 Å². The number of esters is 1. The Kier molecular flexibility index (Phi) is 9.45. The van der Waals surface area contributed by atoms with Gasteiger partial charge < -0.3 is 30.7 Å². The number of nitrogens with one attached hydrogen (secondary N) is 3. The highest BCUT2D eigenvalue weighted by Gasteiger charge is 2.41. The molecule has 0 aliphatic carbocycles. The molecule has 2 unspecified atom stereocenters. The van der Waals surface area contributed by atoms with Crippen molar-refractivity contribution < 1.29 is 32.6 Å². The molecule has 14 heteroatoms. The second kappa shape index (κ2) is 12.3. The Morgan fingerprint density at radius 3 is 2.46 bits per heavy atom. The van der Waals surface area contributed by atoms with Crippen molar-refractivity contribution in [2.24, 2.45) is 5.73 Å². The molecule has 13 nitrogen and oxygen atoms in total. The molecule has 2 heterocycles. The largest absolute Gasteiger partial charge is 0.469 e. The summed E-state index contributed by atoms with van der Waals surface area (Å²) >= 11 is 0. The van der Waals surface area contributed by atoms with Crippen molar-refractivity contribution in [2.75, 3.05) is 20.2 Å². The van der Waals surface area contributed by atoms with Crippen molar-refractivity contribution >= 4 is 33.8 Å². The maximum atomic E-state index is 13.4. The lowest BCUT2D eigenvalue weighted by Gasteiger charge is -2.39. The molecule has 0 spiro atoms. The average Bonchev–Trinajstić information content (AvgIpc) is 3.34. The van der Waals surface area contributed by atoms with Crippen LogP contribution in [0.25, 0.3) is 0 Å². The summed E-state index contributed by atoms with van der Waals surface area (Å²) < 4.78 is 32.6. The van der Waals surface area contributed by atoms with Crippen LogP contribution in [0.5, 0.6) is 0 Å². The van der Waals surface area contributed by atoms with E-state index in [0.717, 1.165) is 7.11 Å². The van der Waals surface area contributed by atoms with Crippen molar-refractivity contribution in [3.05, 3.63) is 35.9 Å². The Morgan fingerprint density at radius 1 is 1.16 bits per heavy atom. The molecule has 3 rings (SSSR count). The zero-order valence-corrected chi connectivity index (χ0v) is 21.4. The third kappa shape index (κ3) is 7.40. The summed E-state index contributed by atoms with van der Waals surface area (Å²) in [5, 5.41) is 20.8. The number of nitrogens with two attached hydrogens (primary N) is 1. The van der Waals surface area contributed by atoms with Crippen molar-refractivity contribution in [3.8, 4) is 0 Å². The Morgan fingerprint density at radius 2 is 1.81 bits per heavy atom. The van der Waals surface area contributed by atoms with Crippen LogP contribution in [-0.4, -0.2) is 91.6 Å². The Bertz CT molecular complexity index is 1100. The van der Waals surface area contributed by atoms with E-state index in [1.807, 2.05) is 0 Å². The van der Waals surface area contributed by atoms with Crippen LogP contribution in [0, 0.1) is 5.41 Å². The predicted molar refractivity (Wildman–Crippen MR) is 133 cm³/mol. The number of likely N-dealkylation sites (tertiary alicyclic amines) is 2. The Balaban J connectivity index is 1.73. The first-order chi connectivity index (χ1) is 17.5. The van der Waals surface area contributed by atoms with E-state index in [4.69, 9.17) is 11.1 Å². The van der Waals surface area contributed by atoms with Crippen LogP contribution in [0.1, 0.15) is 37.7 Å². The quantitative estimate of drug-likeness (QED) is 0.146. The van der Waals surface area contributed by atoms with Gasteiger partial charge in [-0.05, 0) is 31.2 Å². The molecule has 6 N–H and O–H groups in total. The molecule has 2 fully saturated rings. The van der Waals surface area contributed by atoms with Gasteiger partial charge in [0.15, 0.2) is 5.96 Å². The number of methoxy groups -OCH3 is 1. The van der Waals surface area contributed by atoms with E-state index in [9.17, 15) is 27.9 Å². The van der Waals surface area contributed by atoms with Crippen molar-refractivity contribution in [1.29, 1.82) is 5.41 Å². The first-order valence-corrected chi connectivity index (χ1v) is 13.7. The molecule has 37 heavy (non-hydrogen) atoms. The highest BCUT2D eigenvalue weighted by molar-refractivity contribution is 7.88. The van der Waals surface area contributed by atoms with Gasteiger partial charge in [-0.1, -0.05) is 30.3 Å². The zero-order chi connectivity index (χ0) is 27.2. The topological polar surface area (TPSA) is 195 Å². The molecule has 0 bridgehead atoms. The van der Waals surface area contributed by atoms with Crippen LogP contribution in [-0.2, 0) is 34.9 Å². The number of ether oxygens (including phenoxy) is 1. The molecule has 2 aliphatic rings. The number of hydrogen-bond acceptors (Lipinski definition) is 8. The lowest BCUT2D eigenvalue weighted by molar-refractivity contribution is -0.146. The number of aliphatic hydroxyl groups excluding tert-OH is 1. The van der Waals surface area contributed by atoms with Crippen LogP contribution in [0.2, 0.25) is 0 Å². The molecule has 2 amide bonds. The molecule has 2 saturated heterocycles. The van der Waals surface area contributed by atoms with Gasteiger partial charge >= 0.3 is 5.97 Å². The van der Waals surface area contributed by atoms with Crippen molar-refractivity contribution in [2.45, 2.75) is 62.2 Å². The van der Waals surface area contributed by atoms with E-state index in [1.165, 1.54) is 9.80 Å². The molecule has 1 aromatic rings. The molecule has 2 aliphatic heterocycles. The fourth-order valence-corrected chi connectivity index (χ4v) is 5.99. The Labute approximate surface area is 215 Å². The Hall–Kier alpha value is -3.23. The zero-order valence-electron chi connectivity index (χ0n) is 20.6. The molecular formula is C23H34N6O7S. The number of hydrogen-bond donors (Lipinski definition) is 5. The van der Waals surface area contributed by atoms with Crippen LogP contribution in [0.15, 0.2) is 30.3 Å². The van der Waals surface area contributed by atoms with Crippen molar-refractivity contribution in [1.82, 2.24) is 19.8 Å². The van der Waals surface area contributed by atoms with E-state index in [0.29, 0.717) is 37.8 Å². The summed E-state index contributed by atoms with van der Waals surface area (Å²) in [7, 11) is -2.89. The van der Waals surface area contributed by atoms with Crippen LogP contribution in [0.3, 0.4) is 0 Å². The van der Waals surface area contributed by atoms with Crippen LogP contribution in [0.4, 0.5) is 0 Å². The first kappa shape index (κ1) is 28.3.